The predicted octanol–water partition coefficient (Wildman–Crippen LogP) is 1.24. The summed E-state index contributed by atoms with van der Waals surface area (Å²) in [5.41, 5.74) is 2.87. The average Bonchev–Trinajstić information content (AvgIpc) is 2.60. The SMILES string of the molecule is COC(=O)c1c(ON2N=C(OC)C=C(OC)N2)cccc1C(C)=O. The maximum Gasteiger partial charge on any atom is 0.342 e. The number of hydrazone groups is 1. The van der Waals surface area contributed by atoms with Gasteiger partial charge < -0.3 is 19.0 Å². The highest BCUT2D eigenvalue weighted by atomic mass is 16.7. The molecule has 128 valence electrons. The number of Topliss-reactive ketones (excluding diaryl/α,β-unsaturated/α-hetero) is 1. The molecule has 0 saturated carbocycles. The first-order valence-corrected chi connectivity index (χ1v) is 6.85. The van der Waals surface area contributed by atoms with Crippen LogP contribution < -0.4 is 10.3 Å². The van der Waals surface area contributed by atoms with Crippen LogP contribution in [0.3, 0.4) is 0 Å². The van der Waals surface area contributed by atoms with Gasteiger partial charge in [0.25, 0.3) is 0 Å². The van der Waals surface area contributed by atoms with Crippen LogP contribution in [-0.2, 0) is 14.2 Å². The second-order valence-electron chi connectivity index (χ2n) is 4.56. The number of carbonyl (C=O) groups excluding carboxylic acids is 2. The Labute approximate surface area is 138 Å². The second kappa shape index (κ2) is 7.36. The molecule has 1 aromatic rings. The molecule has 1 aliphatic rings. The summed E-state index contributed by atoms with van der Waals surface area (Å²) < 4.78 is 14.8. The van der Waals surface area contributed by atoms with E-state index in [2.05, 4.69) is 10.5 Å². The van der Waals surface area contributed by atoms with Gasteiger partial charge in [0.15, 0.2) is 11.5 Å². The molecule has 0 spiro atoms. The van der Waals surface area contributed by atoms with E-state index in [-0.39, 0.29) is 28.6 Å². The van der Waals surface area contributed by atoms with Gasteiger partial charge in [0.1, 0.15) is 5.56 Å². The first-order valence-electron chi connectivity index (χ1n) is 6.85. The Morgan fingerprint density at radius 3 is 2.50 bits per heavy atom. The average molecular weight is 335 g/mol. The van der Waals surface area contributed by atoms with Crippen molar-refractivity contribution in [2.24, 2.45) is 5.10 Å². The molecule has 0 radical (unpaired) electrons. The summed E-state index contributed by atoms with van der Waals surface area (Å²) in [7, 11) is 4.10. The van der Waals surface area contributed by atoms with E-state index in [1.54, 1.807) is 6.07 Å². The number of esters is 1. The molecule has 1 N–H and O–H groups in total. The minimum Gasteiger partial charge on any atom is -0.481 e. The Hall–Kier alpha value is -3.23. The molecular formula is C15H17N3O6. The number of nitrogens with one attached hydrogen (secondary N) is 1. The highest BCUT2D eigenvalue weighted by Crippen LogP contribution is 2.25. The Balaban J connectivity index is 2.38. The van der Waals surface area contributed by atoms with Crippen molar-refractivity contribution in [1.29, 1.82) is 0 Å². The molecule has 0 aliphatic carbocycles. The van der Waals surface area contributed by atoms with Gasteiger partial charge in [0.05, 0.1) is 27.4 Å². The summed E-state index contributed by atoms with van der Waals surface area (Å²) in [5.74, 6) is -0.395. The summed E-state index contributed by atoms with van der Waals surface area (Å²) in [5, 5.41) is 4.94. The molecule has 1 aliphatic heterocycles. The van der Waals surface area contributed by atoms with Crippen LogP contribution in [0.5, 0.6) is 5.75 Å². The maximum atomic E-state index is 12.1. The van der Waals surface area contributed by atoms with Crippen LogP contribution >= 0.6 is 0 Å². The first-order chi connectivity index (χ1) is 11.5. The fourth-order valence-electron chi connectivity index (χ4n) is 1.94. The zero-order valence-corrected chi connectivity index (χ0v) is 13.7. The Morgan fingerprint density at radius 2 is 1.92 bits per heavy atom. The van der Waals surface area contributed by atoms with E-state index in [0.717, 1.165) is 5.28 Å². The number of ether oxygens (including phenoxy) is 3. The second-order valence-corrected chi connectivity index (χ2v) is 4.56. The van der Waals surface area contributed by atoms with Crippen molar-refractivity contribution in [2.45, 2.75) is 6.92 Å². The van der Waals surface area contributed by atoms with Gasteiger partial charge in [-0.3, -0.25) is 4.79 Å². The number of ketones is 1. The first kappa shape index (κ1) is 17.1. The van der Waals surface area contributed by atoms with Gasteiger partial charge in [-0.2, -0.15) is 0 Å². The van der Waals surface area contributed by atoms with Crippen molar-refractivity contribution in [1.82, 2.24) is 10.7 Å². The van der Waals surface area contributed by atoms with Gasteiger partial charge in [0.2, 0.25) is 11.8 Å². The van der Waals surface area contributed by atoms with Gasteiger partial charge >= 0.3 is 5.97 Å². The Kier molecular flexibility index (Phi) is 5.25. The molecule has 0 aromatic heterocycles. The molecule has 24 heavy (non-hydrogen) atoms. The van der Waals surface area contributed by atoms with Gasteiger partial charge in [0, 0.05) is 5.56 Å². The summed E-state index contributed by atoms with van der Waals surface area (Å²) in [6.07, 6.45) is 1.51. The number of rotatable bonds is 5. The minimum atomic E-state index is -0.703. The molecule has 1 aromatic carbocycles. The number of nitrogens with zero attached hydrogens (tertiary/aromatic N) is 2. The number of benzene rings is 1. The maximum absolute atomic E-state index is 12.1. The van der Waals surface area contributed by atoms with Crippen LogP contribution in [0.25, 0.3) is 0 Å². The Bertz CT molecular complexity index is 713. The number of hydrogen-bond acceptors (Lipinski definition) is 9. The number of methoxy groups -OCH3 is 3. The van der Waals surface area contributed by atoms with Crippen LogP contribution in [-0.4, -0.2) is 44.3 Å². The molecule has 9 heteroatoms. The van der Waals surface area contributed by atoms with Crippen LogP contribution in [0.2, 0.25) is 0 Å². The monoisotopic (exact) mass is 335 g/mol. The van der Waals surface area contributed by atoms with Crippen molar-refractivity contribution >= 4 is 17.7 Å². The molecule has 0 fully saturated rings. The zero-order chi connectivity index (χ0) is 17.7. The van der Waals surface area contributed by atoms with Crippen LogP contribution in [0.15, 0.2) is 35.3 Å². The molecule has 0 bridgehead atoms. The van der Waals surface area contributed by atoms with E-state index in [9.17, 15) is 9.59 Å². The minimum absolute atomic E-state index is 0.00279. The van der Waals surface area contributed by atoms with Crippen LogP contribution in [0.1, 0.15) is 27.6 Å². The summed E-state index contributed by atoms with van der Waals surface area (Å²) in [4.78, 5) is 29.4. The third-order valence-electron chi connectivity index (χ3n) is 3.06. The zero-order valence-electron chi connectivity index (χ0n) is 13.7. The predicted molar refractivity (Wildman–Crippen MR) is 82.9 cm³/mol. The van der Waals surface area contributed by atoms with Crippen molar-refractivity contribution in [3.05, 3.63) is 41.3 Å². The summed E-state index contributed by atoms with van der Waals surface area (Å²) >= 11 is 0. The number of hydrazine groups is 1. The van der Waals surface area contributed by atoms with E-state index in [0.29, 0.717) is 5.88 Å². The largest absolute Gasteiger partial charge is 0.481 e. The normalized spacial score (nSPS) is 13.2. The number of carbonyl (C=O) groups is 2. The summed E-state index contributed by atoms with van der Waals surface area (Å²) in [6.45, 7) is 1.34. The molecule has 1 heterocycles. The van der Waals surface area contributed by atoms with Crippen LogP contribution in [0.4, 0.5) is 0 Å². The fourth-order valence-corrected chi connectivity index (χ4v) is 1.94. The van der Waals surface area contributed by atoms with Crippen LogP contribution in [0, 0.1) is 0 Å². The smallest absolute Gasteiger partial charge is 0.342 e. The lowest BCUT2D eigenvalue weighted by atomic mass is 10.0. The molecular weight excluding hydrogens is 318 g/mol. The van der Waals surface area contributed by atoms with E-state index >= 15 is 0 Å². The highest BCUT2D eigenvalue weighted by molar-refractivity contribution is 6.07. The molecule has 0 amide bonds. The summed E-state index contributed by atoms with van der Waals surface area (Å²) in [6, 6.07) is 4.60. The highest BCUT2D eigenvalue weighted by Gasteiger charge is 2.24. The van der Waals surface area contributed by atoms with E-state index < -0.39 is 5.97 Å². The number of hydrogen-bond donors (Lipinski definition) is 1. The van der Waals surface area contributed by atoms with Crippen molar-refractivity contribution in [2.75, 3.05) is 21.3 Å². The molecule has 0 unspecified atom stereocenters. The van der Waals surface area contributed by atoms with Gasteiger partial charge in [-0.05, 0) is 18.3 Å². The third kappa shape index (κ3) is 3.57. The van der Waals surface area contributed by atoms with Crippen molar-refractivity contribution < 1.29 is 28.6 Å². The lowest BCUT2D eigenvalue weighted by Gasteiger charge is -2.25. The molecule has 0 saturated heterocycles. The lowest BCUT2D eigenvalue weighted by molar-refractivity contribution is -0.112. The van der Waals surface area contributed by atoms with Gasteiger partial charge in [-0.15, -0.1) is 0 Å². The van der Waals surface area contributed by atoms with E-state index in [1.165, 1.54) is 46.5 Å². The van der Waals surface area contributed by atoms with Crippen molar-refractivity contribution in [3.8, 4) is 5.75 Å². The quantitative estimate of drug-likeness (QED) is 0.634. The molecule has 2 rings (SSSR count). The van der Waals surface area contributed by atoms with E-state index in [4.69, 9.17) is 19.0 Å². The van der Waals surface area contributed by atoms with Gasteiger partial charge in [-0.25, -0.2) is 10.2 Å². The standard InChI is InChI=1S/C15H17N3O6/c1-9(19)10-6-5-7-11(14(10)15(20)23-4)24-18-16-12(21-2)8-13(17-18)22-3/h5-8,16H,1-4H3. The Morgan fingerprint density at radius 1 is 1.17 bits per heavy atom. The lowest BCUT2D eigenvalue weighted by Crippen LogP contribution is -2.40. The fraction of sp³-hybridized carbons (Fsp3) is 0.267. The van der Waals surface area contributed by atoms with E-state index in [1.807, 2.05) is 0 Å². The third-order valence-corrected chi connectivity index (χ3v) is 3.06. The topological polar surface area (TPSA) is 98.7 Å². The van der Waals surface area contributed by atoms with Crippen molar-refractivity contribution in [3.63, 3.8) is 0 Å². The van der Waals surface area contributed by atoms with Gasteiger partial charge in [-0.1, -0.05) is 17.2 Å². The molecule has 9 nitrogen and oxygen atoms in total. The molecule has 0 atom stereocenters.